The quantitative estimate of drug-likeness (QED) is 0.0439. The summed E-state index contributed by atoms with van der Waals surface area (Å²) in [6.45, 7) is 8.92. The molecule has 2 heteroatoms. The van der Waals surface area contributed by atoms with Gasteiger partial charge in [0.1, 0.15) is 0 Å². The number of nitrogens with zero attached hydrogens (tertiary/aromatic N) is 2. The molecule has 0 N–H and O–H groups in total. The Morgan fingerprint density at radius 3 is 0.647 bits per heavy atom. The Hall–Kier alpha value is -12.6. The molecule has 0 aliphatic carbocycles. The molecule has 0 bridgehead atoms. The van der Waals surface area contributed by atoms with E-state index in [2.05, 4.69) is 450 Å². The van der Waals surface area contributed by atoms with Gasteiger partial charge in [0.25, 0.3) is 0 Å². The van der Waals surface area contributed by atoms with Crippen molar-refractivity contribution in [2.45, 2.75) is 40.5 Å². The second kappa shape index (κ2) is 33.8. The van der Waals surface area contributed by atoms with Crippen LogP contribution in [0.4, 0.5) is 34.1 Å². The molecule has 0 aromatic heterocycles. The molecule has 13 aromatic rings. The Balaban J connectivity index is 0.643. The van der Waals surface area contributed by atoms with Crippen molar-refractivity contribution in [2.75, 3.05) is 9.80 Å². The average Bonchev–Trinajstić information content (AvgIpc) is 0.789. The molecule has 102 heavy (non-hydrogen) atoms. The maximum absolute atomic E-state index is 2.41. The molecular weight excluding hydrogens is 1230 g/mol. The van der Waals surface area contributed by atoms with Crippen LogP contribution < -0.4 is 9.80 Å². The Labute approximate surface area is 604 Å². The van der Waals surface area contributed by atoms with E-state index in [0.717, 1.165) is 91.2 Å². The molecule has 0 spiro atoms. The minimum atomic E-state index is 0.929. The predicted molar refractivity (Wildman–Crippen MR) is 444 cm³/mol. The van der Waals surface area contributed by atoms with Gasteiger partial charge >= 0.3 is 0 Å². The lowest BCUT2D eigenvalue weighted by molar-refractivity contribution is 1.10. The van der Waals surface area contributed by atoms with E-state index in [1.165, 1.54) is 67.0 Å². The Morgan fingerprint density at radius 2 is 0.431 bits per heavy atom. The Morgan fingerprint density at radius 1 is 0.225 bits per heavy atom. The maximum atomic E-state index is 2.41. The molecule has 494 valence electrons. The van der Waals surface area contributed by atoms with Crippen molar-refractivity contribution >= 4 is 106 Å². The van der Waals surface area contributed by atoms with Crippen LogP contribution in [0.15, 0.2) is 352 Å². The number of hydrogen-bond donors (Lipinski definition) is 0. The van der Waals surface area contributed by atoms with Crippen molar-refractivity contribution in [3.63, 3.8) is 0 Å². The molecule has 0 aliphatic heterocycles. The van der Waals surface area contributed by atoms with Crippen LogP contribution in [-0.4, -0.2) is 0 Å². The van der Waals surface area contributed by atoms with Crippen molar-refractivity contribution in [3.05, 3.63) is 452 Å². The summed E-state index contributed by atoms with van der Waals surface area (Å²) in [4.78, 5) is 4.82. The van der Waals surface area contributed by atoms with Crippen LogP contribution in [-0.2, 0) is 12.8 Å². The van der Waals surface area contributed by atoms with E-state index in [9.17, 15) is 0 Å². The molecule has 0 heterocycles. The van der Waals surface area contributed by atoms with Crippen molar-refractivity contribution in [1.82, 2.24) is 0 Å². The molecule has 0 saturated heterocycles. The Bertz CT molecular complexity index is 4720. The van der Waals surface area contributed by atoms with Gasteiger partial charge in [0, 0.05) is 22.7 Å². The van der Waals surface area contributed by atoms with Crippen molar-refractivity contribution in [1.29, 1.82) is 0 Å². The van der Waals surface area contributed by atoms with Gasteiger partial charge < -0.3 is 9.80 Å². The topological polar surface area (TPSA) is 6.48 Å². The zero-order valence-corrected chi connectivity index (χ0v) is 58.6. The SMILES string of the molecule is CCc1cccc(C)c1N(c1ccc(C=Cc2ccc(C=CC=C(c3ccccc3)c3ccccc3)cc2)cc1)c1ccc(C=Cc2ccc(C=Cc3ccc(N(c4ccc(C=Cc5ccc(C=CC=C(c6ccccc6)c6ccccc6)cc5)cc4)c4c(C)cccc4CC)cc3)cc2)cc1. The molecule has 0 fully saturated rings. The highest BCUT2D eigenvalue weighted by molar-refractivity contribution is 5.87. The fourth-order valence-corrected chi connectivity index (χ4v) is 13.0. The highest BCUT2D eigenvalue weighted by atomic mass is 15.2. The summed E-state index contributed by atoms with van der Waals surface area (Å²) >= 11 is 0. The van der Waals surface area contributed by atoms with Gasteiger partial charge in [-0.2, -0.15) is 0 Å². The summed E-state index contributed by atoms with van der Waals surface area (Å²) in [5, 5.41) is 0. The number of hydrogen-bond acceptors (Lipinski definition) is 2. The van der Waals surface area contributed by atoms with E-state index in [1.807, 2.05) is 0 Å². The number of aryl methyl sites for hydroxylation is 4. The molecule has 0 saturated carbocycles. The summed E-state index contributed by atoms with van der Waals surface area (Å²) in [5.74, 6) is 0. The summed E-state index contributed by atoms with van der Waals surface area (Å²) in [7, 11) is 0. The number of anilines is 6. The highest BCUT2D eigenvalue weighted by Crippen LogP contribution is 2.42. The van der Waals surface area contributed by atoms with Gasteiger partial charge in [0.05, 0.1) is 11.4 Å². The minimum Gasteiger partial charge on any atom is -0.310 e. The van der Waals surface area contributed by atoms with Crippen LogP contribution >= 0.6 is 0 Å². The van der Waals surface area contributed by atoms with Gasteiger partial charge in [0.2, 0.25) is 0 Å². The van der Waals surface area contributed by atoms with Crippen molar-refractivity contribution in [3.8, 4) is 0 Å². The van der Waals surface area contributed by atoms with Crippen LogP contribution in [0.2, 0.25) is 0 Å². The fraction of sp³-hybridized carbons (Fsp3) is 0.0600. The first kappa shape index (κ1) is 67.9. The zero-order valence-electron chi connectivity index (χ0n) is 58.6. The summed E-state index contributed by atoms with van der Waals surface area (Å²) in [6.07, 6.45) is 32.5. The fourth-order valence-electron chi connectivity index (χ4n) is 13.0. The van der Waals surface area contributed by atoms with E-state index in [4.69, 9.17) is 0 Å². The predicted octanol–water partition coefficient (Wildman–Crippen LogP) is 27.3. The lowest BCUT2D eigenvalue weighted by Crippen LogP contribution is -2.13. The van der Waals surface area contributed by atoms with E-state index < -0.39 is 0 Å². The first-order valence-corrected chi connectivity index (χ1v) is 35.5. The van der Waals surface area contributed by atoms with Crippen LogP contribution in [0.25, 0.3) is 71.9 Å². The second-order valence-electron chi connectivity index (χ2n) is 25.6. The van der Waals surface area contributed by atoms with E-state index in [-0.39, 0.29) is 0 Å². The second-order valence-corrected chi connectivity index (χ2v) is 25.6. The molecule has 0 radical (unpaired) electrons. The normalized spacial score (nSPS) is 11.6. The zero-order chi connectivity index (χ0) is 69.7. The van der Waals surface area contributed by atoms with E-state index in [1.54, 1.807) is 0 Å². The van der Waals surface area contributed by atoms with Crippen LogP contribution in [0.5, 0.6) is 0 Å². The van der Waals surface area contributed by atoms with Crippen LogP contribution in [0, 0.1) is 13.8 Å². The molecule has 13 aromatic carbocycles. The Kier molecular flexibility index (Phi) is 22.5. The van der Waals surface area contributed by atoms with Gasteiger partial charge in [-0.15, -0.1) is 0 Å². The summed E-state index contributed by atoms with van der Waals surface area (Å²) in [6, 6.07) is 117. The number of para-hydroxylation sites is 2. The largest absolute Gasteiger partial charge is 0.310 e. The van der Waals surface area contributed by atoms with Crippen molar-refractivity contribution in [2.24, 2.45) is 0 Å². The number of benzene rings is 13. The molecular formula is C100H84N2. The third-order valence-electron chi connectivity index (χ3n) is 18.6. The standard InChI is InChI=1S/C100H84N2/c1-5-87-35-19-23-75(3)99(87)101(93-67-59-83(60-68-93)55-51-79-43-39-77(40-44-79)25-21-37-97(89-27-11-7-12-28-89)90-29-13-8-14-30-90)95-71-63-85(64-72-95)57-53-81-47-49-82(50-48-81)54-58-86-65-73-96(74-66-86)102(100-76(4)24-20-36-88(100)6-2)94-69-61-84(62-70-94)56-52-80-45-41-78(42-46-80)26-22-38-98(91-31-15-9-16-32-91)92-33-17-10-18-34-92/h7-74H,5-6H2,1-4H3. The van der Waals surface area contributed by atoms with Crippen molar-refractivity contribution < 1.29 is 0 Å². The smallest absolute Gasteiger partial charge is 0.0522 e. The monoisotopic (exact) mass is 1310 g/mol. The van der Waals surface area contributed by atoms with E-state index in [0.29, 0.717) is 0 Å². The van der Waals surface area contributed by atoms with Gasteiger partial charge in [-0.1, -0.05) is 378 Å². The number of allylic oxidation sites excluding steroid dienone is 4. The first-order valence-electron chi connectivity index (χ1n) is 35.5. The molecule has 0 unspecified atom stereocenters. The van der Waals surface area contributed by atoms with Gasteiger partial charge in [-0.05, 0) is 187 Å². The maximum Gasteiger partial charge on any atom is 0.0522 e. The van der Waals surface area contributed by atoms with Gasteiger partial charge in [-0.25, -0.2) is 0 Å². The van der Waals surface area contributed by atoms with Gasteiger partial charge in [-0.3, -0.25) is 0 Å². The average molecular weight is 1310 g/mol. The molecule has 0 aliphatic rings. The third kappa shape index (κ3) is 17.4. The molecule has 2 nitrogen and oxygen atoms in total. The molecule has 0 atom stereocenters. The van der Waals surface area contributed by atoms with Crippen LogP contribution in [0.3, 0.4) is 0 Å². The number of rotatable bonds is 24. The van der Waals surface area contributed by atoms with E-state index >= 15 is 0 Å². The summed E-state index contributed by atoms with van der Waals surface area (Å²) in [5.41, 5.74) is 30.7. The minimum absolute atomic E-state index is 0.929. The third-order valence-corrected chi connectivity index (χ3v) is 18.6. The molecule has 13 rings (SSSR count). The highest BCUT2D eigenvalue weighted by Gasteiger charge is 2.20. The van der Waals surface area contributed by atoms with Gasteiger partial charge in [0.15, 0.2) is 0 Å². The molecule has 0 amide bonds. The lowest BCUT2D eigenvalue weighted by atomic mass is 9.97. The lowest BCUT2D eigenvalue weighted by Gasteiger charge is -2.29. The first-order chi connectivity index (χ1) is 50.3. The summed E-state index contributed by atoms with van der Waals surface area (Å²) < 4.78 is 0. The van der Waals surface area contributed by atoms with Crippen LogP contribution in [0.1, 0.15) is 114 Å².